The fraction of sp³-hybridized carbons (Fsp3) is 0.214. The van der Waals surface area contributed by atoms with E-state index in [9.17, 15) is 8.78 Å². The second-order valence-electron chi connectivity index (χ2n) is 4.84. The van der Waals surface area contributed by atoms with Gasteiger partial charge in [0.05, 0.1) is 5.69 Å². The van der Waals surface area contributed by atoms with Gasteiger partial charge in [0, 0.05) is 23.4 Å². The van der Waals surface area contributed by atoms with Crippen LogP contribution in [0.25, 0.3) is 11.2 Å². The zero-order valence-corrected chi connectivity index (χ0v) is 12.3. The average Bonchev–Trinajstić information content (AvgIpc) is 3.00. The number of hydrogen-bond acceptors (Lipinski definition) is 8. The maximum Gasteiger partial charge on any atom is 0.387 e. The van der Waals surface area contributed by atoms with E-state index in [4.69, 9.17) is 11.0 Å². The number of ether oxygens (including phenoxy) is 1. The van der Waals surface area contributed by atoms with Gasteiger partial charge in [-0.15, -0.1) is 0 Å². The van der Waals surface area contributed by atoms with Gasteiger partial charge in [0.25, 0.3) is 0 Å². The van der Waals surface area contributed by atoms with E-state index in [1.54, 1.807) is 13.0 Å². The molecule has 0 saturated heterocycles. The Morgan fingerprint density at radius 1 is 1.33 bits per heavy atom. The molecule has 3 heterocycles. The Balaban J connectivity index is 1.98. The maximum atomic E-state index is 12.3. The van der Waals surface area contributed by atoms with Gasteiger partial charge in [-0.2, -0.15) is 14.0 Å². The van der Waals surface area contributed by atoms with Gasteiger partial charge >= 0.3 is 6.61 Å². The topological polar surface area (TPSA) is 124 Å². The lowest BCUT2D eigenvalue weighted by molar-refractivity contribution is -0.0503. The number of aromatic nitrogens is 4. The first kappa shape index (κ1) is 15.5. The molecule has 24 heavy (non-hydrogen) atoms. The minimum absolute atomic E-state index is 0.233. The van der Waals surface area contributed by atoms with Crippen LogP contribution in [-0.2, 0) is 6.42 Å². The number of nitrogens with zero attached hydrogens (tertiary/aromatic N) is 5. The summed E-state index contributed by atoms with van der Waals surface area (Å²) >= 11 is 0. The molecule has 0 aliphatic heterocycles. The van der Waals surface area contributed by atoms with Crippen LogP contribution in [0.1, 0.15) is 22.6 Å². The second kappa shape index (κ2) is 6.04. The highest BCUT2D eigenvalue weighted by atomic mass is 19.3. The van der Waals surface area contributed by atoms with E-state index in [1.165, 1.54) is 12.1 Å². The fourth-order valence-electron chi connectivity index (χ4n) is 2.25. The predicted octanol–water partition coefficient (Wildman–Crippen LogP) is 1.97. The van der Waals surface area contributed by atoms with Crippen LogP contribution in [0.15, 0.2) is 16.8 Å². The monoisotopic (exact) mass is 332 g/mol. The number of pyridine rings is 2. The Kier molecular flexibility index (Phi) is 3.91. The summed E-state index contributed by atoms with van der Waals surface area (Å²) < 4.78 is 33.5. The first-order chi connectivity index (χ1) is 11.5. The highest BCUT2D eigenvalue weighted by molar-refractivity contribution is 5.85. The second-order valence-corrected chi connectivity index (χ2v) is 4.84. The van der Waals surface area contributed by atoms with Crippen molar-refractivity contribution in [1.82, 2.24) is 20.3 Å². The standard InChI is InChI=1S/C14H10F2N6O2/c1-6-8(11(18)12-13(19-6)22-24-21-12)4-7-2-3-10(23-14(15)16)9(5-17)20-7/h2-3,14H,4,18H2,1H3. The molecule has 0 aromatic carbocycles. The van der Waals surface area contributed by atoms with E-state index in [1.807, 2.05) is 0 Å². The number of anilines is 1. The van der Waals surface area contributed by atoms with Crippen molar-refractivity contribution >= 4 is 16.9 Å². The predicted molar refractivity (Wildman–Crippen MR) is 77.1 cm³/mol. The van der Waals surface area contributed by atoms with Crippen LogP contribution in [-0.4, -0.2) is 26.9 Å². The lowest BCUT2D eigenvalue weighted by atomic mass is 10.0. The molecule has 0 saturated carbocycles. The van der Waals surface area contributed by atoms with E-state index >= 15 is 0 Å². The number of rotatable bonds is 4. The third-order valence-corrected chi connectivity index (χ3v) is 3.36. The Bertz CT molecular complexity index is 950. The molecule has 0 aliphatic carbocycles. The average molecular weight is 332 g/mol. The highest BCUT2D eigenvalue weighted by Crippen LogP contribution is 2.26. The summed E-state index contributed by atoms with van der Waals surface area (Å²) in [5.41, 5.74) is 8.47. The minimum Gasteiger partial charge on any atom is -0.432 e. The van der Waals surface area contributed by atoms with Crippen LogP contribution >= 0.6 is 0 Å². The quantitative estimate of drug-likeness (QED) is 0.769. The van der Waals surface area contributed by atoms with Gasteiger partial charge in [-0.3, -0.25) is 0 Å². The normalized spacial score (nSPS) is 11.0. The van der Waals surface area contributed by atoms with Crippen LogP contribution < -0.4 is 10.5 Å². The van der Waals surface area contributed by atoms with E-state index in [0.29, 0.717) is 33.8 Å². The number of aryl methyl sites for hydroxylation is 1. The zero-order valence-electron chi connectivity index (χ0n) is 12.3. The Hall–Kier alpha value is -3.35. The van der Waals surface area contributed by atoms with Gasteiger partial charge < -0.3 is 10.5 Å². The number of nitrogen functional groups attached to an aromatic ring is 1. The number of alkyl halides is 2. The minimum atomic E-state index is -3.03. The number of nitriles is 1. The largest absolute Gasteiger partial charge is 0.432 e. The molecule has 0 radical (unpaired) electrons. The Morgan fingerprint density at radius 2 is 2.12 bits per heavy atom. The van der Waals surface area contributed by atoms with Crippen molar-refractivity contribution in [3.05, 3.63) is 34.8 Å². The number of nitrogens with two attached hydrogens (primary N) is 1. The van der Waals surface area contributed by atoms with Crippen LogP contribution in [0, 0.1) is 18.3 Å². The smallest absolute Gasteiger partial charge is 0.387 e. The Labute approximate surface area is 133 Å². The van der Waals surface area contributed by atoms with Gasteiger partial charge in [0.2, 0.25) is 5.65 Å². The molecule has 0 spiro atoms. The summed E-state index contributed by atoms with van der Waals surface area (Å²) in [6, 6.07) is 4.47. The molecule has 3 aromatic rings. The van der Waals surface area contributed by atoms with Crippen molar-refractivity contribution in [2.24, 2.45) is 0 Å². The van der Waals surface area contributed by atoms with Crippen molar-refractivity contribution < 1.29 is 18.1 Å². The molecule has 0 atom stereocenters. The molecule has 3 aromatic heterocycles. The zero-order chi connectivity index (χ0) is 17.3. The van der Waals surface area contributed by atoms with Crippen LogP contribution in [0.3, 0.4) is 0 Å². The molecular weight excluding hydrogens is 322 g/mol. The van der Waals surface area contributed by atoms with E-state index in [-0.39, 0.29) is 17.9 Å². The van der Waals surface area contributed by atoms with Crippen LogP contribution in [0.4, 0.5) is 14.5 Å². The third-order valence-electron chi connectivity index (χ3n) is 3.36. The summed E-state index contributed by atoms with van der Waals surface area (Å²) in [7, 11) is 0. The molecular formula is C14H10F2N6O2. The number of fused-ring (bicyclic) bond motifs is 1. The molecule has 2 N–H and O–H groups in total. The van der Waals surface area contributed by atoms with Crippen molar-refractivity contribution in [2.75, 3.05) is 5.73 Å². The first-order valence-electron chi connectivity index (χ1n) is 6.71. The van der Waals surface area contributed by atoms with Crippen molar-refractivity contribution in [3.8, 4) is 11.8 Å². The van der Waals surface area contributed by atoms with Crippen LogP contribution in [0.5, 0.6) is 5.75 Å². The lowest BCUT2D eigenvalue weighted by Gasteiger charge is -2.10. The van der Waals surface area contributed by atoms with E-state index in [2.05, 4.69) is 29.6 Å². The maximum absolute atomic E-state index is 12.3. The molecule has 8 nitrogen and oxygen atoms in total. The molecule has 0 aliphatic rings. The first-order valence-corrected chi connectivity index (χ1v) is 6.71. The lowest BCUT2D eigenvalue weighted by Crippen LogP contribution is -2.07. The van der Waals surface area contributed by atoms with Gasteiger partial charge in [-0.05, 0) is 29.4 Å². The molecule has 0 bridgehead atoms. The molecule has 0 fully saturated rings. The molecule has 0 amide bonds. The molecule has 0 unspecified atom stereocenters. The number of hydrogen-bond donors (Lipinski definition) is 1. The summed E-state index contributed by atoms with van der Waals surface area (Å²) in [4.78, 5) is 8.26. The summed E-state index contributed by atoms with van der Waals surface area (Å²) in [6.07, 6.45) is 0.233. The van der Waals surface area contributed by atoms with E-state index in [0.717, 1.165) is 0 Å². The molecule has 3 rings (SSSR count). The van der Waals surface area contributed by atoms with Crippen molar-refractivity contribution in [3.63, 3.8) is 0 Å². The summed E-state index contributed by atoms with van der Waals surface area (Å²) in [6.45, 7) is -1.30. The van der Waals surface area contributed by atoms with Gasteiger partial charge in [-0.1, -0.05) is 0 Å². The summed E-state index contributed by atoms with van der Waals surface area (Å²) in [5.74, 6) is -0.282. The number of halogens is 2. The van der Waals surface area contributed by atoms with Gasteiger partial charge in [-0.25, -0.2) is 14.6 Å². The van der Waals surface area contributed by atoms with Gasteiger partial charge in [0.15, 0.2) is 17.0 Å². The van der Waals surface area contributed by atoms with Gasteiger partial charge in [0.1, 0.15) is 6.07 Å². The van der Waals surface area contributed by atoms with E-state index < -0.39 is 6.61 Å². The highest BCUT2D eigenvalue weighted by Gasteiger charge is 2.17. The molecule has 10 heteroatoms. The fourth-order valence-corrected chi connectivity index (χ4v) is 2.25. The summed E-state index contributed by atoms with van der Waals surface area (Å²) in [5, 5.41) is 16.4. The Morgan fingerprint density at radius 3 is 2.83 bits per heavy atom. The van der Waals surface area contributed by atoms with Crippen LogP contribution in [0.2, 0.25) is 0 Å². The van der Waals surface area contributed by atoms with Crippen molar-refractivity contribution in [2.45, 2.75) is 20.0 Å². The molecule has 122 valence electrons. The third kappa shape index (κ3) is 2.79. The SMILES string of the molecule is Cc1nc2nonc2c(N)c1Cc1ccc(OC(F)F)c(C#N)n1. The van der Waals surface area contributed by atoms with Crippen molar-refractivity contribution in [1.29, 1.82) is 5.26 Å².